The highest BCUT2D eigenvalue weighted by molar-refractivity contribution is 5.50. The third-order valence-corrected chi connectivity index (χ3v) is 2.84. The molecule has 1 unspecified atom stereocenters. The van der Waals surface area contributed by atoms with Crippen LogP contribution >= 0.6 is 0 Å². The van der Waals surface area contributed by atoms with Gasteiger partial charge in [-0.2, -0.15) is 9.97 Å². The van der Waals surface area contributed by atoms with E-state index in [0.29, 0.717) is 18.2 Å². The van der Waals surface area contributed by atoms with Crippen molar-refractivity contribution >= 4 is 17.6 Å². The van der Waals surface area contributed by atoms with Crippen LogP contribution < -0.4 is 22.3 Å². The fraction of sp³-hybridized carbons (Fsp3) is 0.600. The molecule has 94 valence electrons. The van der Waals surface area contributed by atoms with Gasteiger partial charge in [0.1, 0.15) is 11.6 Å². The monoisotopic (exact) mass is 238 g/mol. The van der Waals surface area contributed by atoms with Gasteiger partial charge in [0, 0.05) is 19.2 Å². The molecule has 1 aliphatic heterocycles. The zero-order valence-corrected chi connectivity index (χ0v) is 9.86. The molecule has 7 heteroatoms. The van der Waals surface area contributed by atoms with Gasteiger partial charge in [-0.05, 0) is 19.8 Å². The first-order valence-corrected chi connectivity index (χ1v) is 5.60. The fourth-order valence-electron chi connectivity index (χ4n) is 1.88. The second kappa shape index (κ2) is 4.72. The number of anilines is 3. The molecule has 0 radical (unpaired) electrons. The highest BCUT2D eigenvalue weighted by Crippen LogP contribution is 2.25. The largest absolute Gasteiger partial charge is 0.373 e. The molecule has 2 rings (SSSR count). The molecule has 0 bridgehead atoms. The van der Waals surface area contributed by atoms with Crippen LogP contribution in [-0.4, -0.2) is 28.7 Å². The van der Waals surface area contributed by atoms with Gasteiger partial charge in [0.15, 0.2) is 0 Å². The van der Waals surface area contributed by atoms with Gasteiger partial charge in [0.25, 0.3) is 0 Å². The number of nitrogens with two attached hydrogens (primary N) is 2. The lowest BCUT2D eigenvalue weighted by molar-refractivity contribution is 0.0315. The van der Waals surface area contributed by atoms with Gasteiger partial charge in [0.2, 0.25) is 5.95 Å². The minimum absolute atomic E-state index is 0.129. The topological polar surface area (TPSA) is 111 Å². The summed E-state index contributed by atoms with van der Waals surface area (Å²) >= 11 is 0. The van der Waals surface area contributed by atoms with E-state index in [1.165, 1.54) is 0 Å². The smallest absolute Gasteiger partial charge is 0.223 e. The molecule has 0 spiro atoms. The molecule has 0 saturated carbocycles. The van der Waals surface area contributed by atoms with Crippen molar-refractivity contribution in [3.05, 3.63) is 6.07 Å². The lowest BCUT2D eigenvalue weighted by Gasteiger charge is -2.23. The van der Waals surface area contributed by atoms with Crippen LogP contribution in [-0.2, 0) is 4.74 Å². The van der Waals surface area contributed by atoms with Crippen LogP contribution in [0.15, 0.2) is 6.07 Å². The number of hydrazine groups is 1. The van der Waals surface area contributed by atoms with Crippen molar-refractivity contribution in [1.29, 1.82) is 0 Å². The van der Waals surface area contributed by atoms with E-state index in [0.717, 1.165) is 19.4 Å². The molecule has 0 aromatic carbocycles. The molecule has 1 atom stereocenters. The zero-order valence-electron chi connectivity index (χ0n) is 9.86. The van der Waals surface area contributed by atoms with Crippen molar-refractivity contribution in [1.82, 2.24) is 9.97 Å². The number of ether oxygens (including phenoxy) is 1. The lowest BCUT2D eigenvalue weighted by Crippen LogP contribution is -2.32. The Morgan fingerprint density at radius 3 is 2.88 bits per heavy atom. The molecule has 1 fully saturated rings. The second-order valence-electron chi connectivity index (χ2n) is 4.40. The third kappa shape index (κ3) is 2.95. The van der Waals surface area contributed by atoms with Crippen LogP contribution in [0.3, 0.4) is 0 Å². The van der Waals surface area contributed by atoms with Crippen molar-refractivity contribution in [2.24, 2.45) is 5.84 Å². The van der Waals surface area contributed by atoms with E-state index in [4.69, 9.17) is 16.3 Å². The molecule has 2 heterocycles. The van der Waals surface area contributed by atoms with Gasteiger partial charge >= 0.3 is 0 Å². The number of hydrogen-bond acceptors (Lipinski definition) is 7. The lowest BCUT2D eigenvalue weighted by atomic mass is 10.0. The maximum Gasteiger partial charge on any atom is 0.223 e. The first kappa shape index (κ1) is 11.9. The van der Waals surface area contributed by atoms with Crippen molar-refractivity contribution < 1.29 is 4.74 Å². The minimum Gasteiger partial charge on any atom is -0.373 e. The summed E-state index contributed by atoms with van der Waals surface area (Å²) in [6.45, 7) is 3.59. The van der Waals surface area contributed by atoms with Gasteiger partial charge in [-0.3, -0.25) is 0 Å². The molecule has 17 heavy (non-hydrogen) atoms. The van der Waals surface area contributed by atoms with Crippen LogP contribution in [0.1, 0.15) is 19.8 Å². The van der Waals surface area contributed by atoms with Gasteiger partial charge in [-0.15, -0.1) is 0 Å². The molecule has 0 amide bonds. The number of nitrogen functional groups attached to an aromatic ring is 2. The predicted octanol–water partition coefficient (Wildman–Crippen LogP) is 0.325. The quantitative estimate of drug-likeness (QED) is 0.441. The molecule has 7 nitrogen and oxygen atoms in total. The second-order valence-corrected chi connectivity index (χ2v) is 4.40. The average Bonchev–Trinajstić information content (AvgIpc) is 2.73. The van der Waals surface area contributed by atoms with Crippen LogP contribution in [0.5, 0.6) is 0 Å². The Balaban J connectivity index is 2.00. The first-order valence-electron chi connectivity index (χ1n) is 5.60. The first-order chi connectivity index (χ1) is 8.11. The molecule has 1 aliphatic rings. The molecular weight excluding hydrogens is 220 g/mol. The van der Waals surface area contributed by atoms with Crippen molar-refractivity contribution in [3.8, 4) is 0 Å². The summed E-state index contributed by atoms with van der Waals surface area (Å²) in [5.74, 6) is 6.59. The maximum atomic E-state index is 5.67. The average molecular weight is 238 g/mol. The van der Waals surface area contributed by atoms with Crippen LogP contribution in [0.25, 0.3) is 0 Å². The number of nitrogens with one attached hydrogen (secondary N) is 2. The fourth-order valence-corrected chi connectivity index (χ4v) is 1.88. The van der Waals surface area contributed by atoms with Crippen LogP contribution in [0.4, 0.5) is 17.6 Å². The van der Waals surface area contributed by atoms with E-state index >= 15 is 0 Å². The summed E-state index contributed by atoms with van der Waals surface area (Å²) in [4.78, 5) is 7.99. The Bertz CT molecular complexity index is 390. The summed E-state index contributed by atoms with van der Waals surface area (Å²) in [7, 11) is 0. The normalized spacial score (nSPS) is 23.6. The van der Waals surface area contributed by atoms with E-state index in [1.807, 2.05) is 0 Å². The number of hydrogen-bond donors (Lipinski definition) is 4. The summed E-state index contributed by atoms with van der Waals surface area (Å²) in [5, 5.41) is 3.19. The minimum atomic E-state index is -0.129. The Labute approximate surface area is 99.9 Å². The van der Waals surface area contributed by atoms with Gasteiger partial charge in [-0.1, -0.05) is 0 Å². The Kier molecular flexibility index (Phi) is 3.30. The number of nitrogens with zero attached hydrogens (tertiary/aromatic N) is 2. The Morgan fingerprint density at radius 1 is 1.47 bits per heavy atom. The van der Waals surface area contributed by atoms with E-state index in [-0.39, 0.29) is 11.5 Å². The van der Waals surface area contributed by atoms with Crippen LogP contribution in [0, 0.1) is 0 Å². The number of rotatable bonds is 4. The van der Waals surface area contributed by atoms with E-state index in [9.17, 15) is 0 Å². The molecule has 1 aromatic rings. The zero-order chi connectivity index (χ0) is 12.3. The summed E-state index contributed by atoms with van der Waals surface area (Å²) in [6, 6.07) is 1.70. The maximum absolute atomic E-state index is 5.67. The number of aromatic nitrogens is 2. The van der Waals surface area contributed by atoms with E-state index < -0.39 is 0 Å². The highest BCUT2D eigenvalue weighted by Gasteiger charge is 2.29. The summed E-state index contributed by atoms with van der Waals surface area (Å²) in [6.07, 6.45) is 2.14. The molecule has 6 N–H and O–H groups in total. The summed E-state index contributed by atoms with van der Waals surface area (Å²) in [5.41, 5.74) is 7.88. The summed E-state index contributed by atoms with van der Waals surface area (Å²) < 4.78 is 5.67. The third-order valence-electron chi connectivity index (χ3n) is 2.84. The predicted molar refractivity (Wildman–Crippen MR) is 66.3 cm³/mol. The van der Waals surface area contributed by atoms with Crippen LogP contribution in [0.2, 0.25) is 0 Å². The van der Waals surface area contributed by atoms with Crippen molar-refractivity contribution in [2.75, 3.05) is 29.6 Å². The van der Waals surface area contributed by atoms with Gasteiger partial charge in [-0.25, -0.2) is 5.84 Å². The molecule has 1 aromatic heterocycles. The van der Waals surface area contributed by atoms with Crippen molar-refractivity contribution in [2.45, 2.75) is 25.4 Å². The Hall–Kier alpha value is -1.60. The highest BCUT2D eigenvalue weighted by atomic mass is 16.5. The molecular formula is C10H18N6O. The van der Waals surface area contributed by atoms with E-state index in [2.05, 4.69) is 27.6 Å². The standard InChI is InChI=1S/C10H18N6O/c1-10(3-2-4-17-10)6-13-7-5-8(16-12)15-9(11)14-7/h5H,2-4,6,12H2,1H3,(H4,11,13,14,15,16). The SMILES string of the molecule is CC1(CNc2cc(NN)nc(N)n2)CCCO1. The van der Waals surface area contributed by atoms with Gasteiger partial charge in [0.05, 0.1) is 5.60 Å². The molecule has 0 aliphatic carbocycles. The Morgan fingerprint density at radius 2 is 2.24 bits per heavy atom. The van der Waals surface area contributed by atoms with Gasteiger partial charge < -0.3 is 21.2 Å². The van der Waals surface area contributed by atoms with E-state index in [1.54, 1.807) is 6.07 Å². The van der Waals surface area contributed by atoms with Crippen molar-refractivity contribution in [3.63, 3.8) is 0 Å². The molecule has 1 saturated heterocycles.